The molecule has 0 saturated heterocycles. The van der Waals surface area contributed by atoms with E-state index in [2.05, 4.69) is 108 Å². The number of H-pyrrole nitrogens is 2. The Kier molecular flexibility index (Phi) is 7.60. The van der Waals surface area contributed by atoms with Crippen LogP contribution in [0, 0.1) is 5.92 Å². The predicted molar refractivity (Wildman–Crippen MR) is 157 cm³/mol. The van der Waals surface area contributed by atoms with Gasteiger partial charge in [-0.15, -0.1) is 0 Å². The van der Waals surface area contributed by atoms with Crippen LogP contribution in [0.3, 0.4) is 0 Å². The Morgan fingerprint density at radius 2 is 1.56 bits per heavy atom. The number of rotatable bonds is 9. The molecule has 0 aliphatic carbocycles. The number of hydrogen-bond donors (Lipinski definition) is 4. The molecule has 2 heterocycles. The number of halogens is 2. The van der Waals surface area contributed by atoms with Gasteiger partial charge in [-0.05, 0) is 66.4 Å². The van der Waals surface area contributed by atoms with Gasteiger partial charge >= 0.3 is 0 Å². The number of para-hydroxylation sites is 2. The lowest BCUT2D eigenvalue weighted by Crippen LogP contribution is -2.30. The molecule has 3 aromatic carbocycles. The van der Waals surface area contributed by atoms with Gasteiger partial charge in [0.2, 0.25) is 0 Å². The summed E-state index contributed by atoms with van der Waals surface area (Å²) in [6.45, 7) is 3.77. The van der Waals surface area contributed by atoms with Gasteiger partial charge in [-0.1, -0.05) is 69.1 Å². The Labute approximate surface area is 227 Å². The first kappa shape index (κ1) is 24.8. The number of pyridine rings is 1. The largest absolute Gasteiger partial charge is 0.371 e. The molecule has 7 heteroatoms. The van der Waals surface area contributed by atoms with Crippen LogP contribution in [0.15, 0.2) is 92.7 Å². The van der Waals surface area contributed by atoms with Crippen molar-refractivity contribution >= 4 is 59.5 Å². The summed E-state index contributed by atoms with van der Waals surface area (Å²) < 4.78 is 2.12. The monoisotopic (exact) mass is 606 g/mol. The molecular weight excluding hydrogens is 580 g/mol. The standard InChI is InChI=1S/C29H28Br2N4O/c1-18(16-34-29-14-28(36)23-7-3-5-9-26(23)35-29)15-32-27(12-19-10-20(30)13-21(31)11-19)24-17-33-25-8-4-2-6-22(24)25/h2-11,13-14,17-18,27,32-33H,12,15-16H2,1H3,(H2,34,35,36). The summed E-state index contributed by atoms with van der Waals surface area (Å²) >= 11 is 7.25. The van der Waals surface area contributed by atoms with E-state index in [1.807, 2.05) is 24.3 Å². The van der Waals surface area contributed by atoms with Gasteiger partial charge in [0.15, 0.2) is 5.43 Å². The zero-order valence-electron chi connectivity index (χ0n) is 19.9. The van der Waals surface area contributed by atoms with E-state index >= 15 is 0 Å². The molecule has 36 heavy (non-hydrogen) atoms. The van der Waals surface area contributed by atoms with Crippen LogP contribution in [-0.2, 0) is 6.42 Å². The van der Waals surface area contributed by atoms with Crippen molar-refractivity contribution in [2.75, 3.05) is 18.4 Å². The van der Waals surface area contributed by atoms with E-state index in [4.69, 9.17) is 0 Å². The lowest BCUT2D eigenvalue weighted by molar-refractivity contribution is 0.463. The smallest absolute Gasteiger partial charge is 0.191 e. The predicted octanol–water partition coefficient (Wildman–Crippen LogP) is 7.16. The lowest BCUT2D eigenvalue weighted by atomic mass is 9.97. The molecular formula is C29H28Br2N4O. The molecule has 0 radical (unpaired) electrons. The van der Waals surface area contributed by atoms with Gasteiger partial charge < -0.3 is 20.6 Å². The Morgan fingerprint density at radius 3 is 2.33 bits per heavy atom. The quantitative estimate of drug-likeness (QED) is 0.144. The fourth-order valence-corrected chi connectivity index (χ4v) is 6.02. The van der Waals surface area contributed by atoms with Crippen LogP contribution in [0.25, 0.3) is 21.8 Å². The minimum absolute atomic E-state index is 0.0252. The van der Waals surface area contributed by atoms with Crippen molar-refractivity contribution in [1.82, 2.24) is 15.3 Å². The molecule has 0 bridgehead atoms. The molecule has 5 nitrogen and oxygen atoms in total. The molecule has 0 aliphatic rings. The molecule has 0 spiro atoms. The van der Waals surface area contributed by atoms with E-state index in [1.54, 1.807) is 6.07 Å². The molecule has 5 aromatic rings. The van der Waals surface area contributed by atoms with Crippen LogP contribution >= 0.6 is 31.9 Å². The summed E-state index contributed by atoms with van der Waals surface area (Å²) in [5, 5.41) is 9.18. The number of benzene rings is 3. The highest BCUT2D eigenvalue weighted by Gasteiger charge is 2.18. The van der Waals surface area contributed by atoms with E-state index in [1.165, 1.54) is 16.5 Å². The average molecular weight is 608 g/mol. The van der Waals surface area contributed by atoms with Crippen molar-refractivity contribution in [3.05, 3.63) is 109 Å². The van der Waals surface area contributed by atoms with Gasteiger partial charge in [0.1, 0.15) is 5.82 Å². The van der Waals surface area contributed by atoms with E-state index in [-0.39, 0.29) is 11.5 Å². The summed E-state index contributed by atoms with van der Waals surface area (Å²) in [4.78, 5) is 19.2. The van der Waals surface area contributed by atoms with Crippen LogP contribution in [0.2, 0.25) is 0 Å². The number of nitrogens with one attached hydrogen (secondary N) is 4. The molecule has 0 fully saturated rings. The lowest BCUT2D eigenvalue weighted by Gasteiger charge is -2.22. The van der Waals surface area contributed by atoms with E-state index in [0.29, 0.717) is 11.3 Å². The topological polar surface area (TPSA) is 72.7 Å². The van der Waals surface area contributed by atoms with E-state index in [9.17, 15) is 4.79 Å². The van der Waals surface area contributed by atoms with E-state index in [0.717, 1.165) is 45.3 Å². The first-order valence-corrected chi connectivity index (χ1v) is 13.6. The fourth-order valence-electron chi connectivity index (χ4n) is 4.63. The SMILES string of the molecule is CC(CNc1cc(=O)c2ccccc2[nH]1)CNC(Cc1cc(Br)cc(Br)c1)c1c[nH]c2ccccc12. The summed E-state index contributed by atoms with van der Waals surface area (Å²) in [5.41, 5.74) is 4.53. The minimum atomic E-state index is 0.0252. The van der Waals surface area contributed by atoms with Crippen LogP contribution in [0.1, 0.15) is 24.1 Å². The number of aromatic amines is 2. The maximum Gasteiger partial charge on any atom is 0.191 e. The minimum Gasteiger partial charge on any atom is -0.371 e. The Hall–Kier alpha value is -2.87. The highest BCUT2D eigenvalue weighted by molar-refractivity contribution is 9.11. The van der Waals surface area contributed by atoms with Crippen molar-refractivity contribution in [3.63, 3.8) is 0 Å². The van der Waals surface area contributed by atoms with Crippen molar-refractivity contribution < 1.29 is 0 Å². The Balaban J connectivity index is 1.30. The fraction of sp³-hybridized carbons (Fsp3) is 0.207. The van der Waals surface area contributed by atoms with Crippen molar-refractivity contribution in [1.29, 1.82) is 0 Å². The van der Waals surface area contributed by atoms with Gasteiger partial charge in [0, 0.05) is 50.1 Å². The molecule has 0 saturated carbocycles. The zero-order valence-corrected chi connectivity index (χ0v) is 23.1. The molecule has 4 N–H and O–H groups in total. The second kappa shape index (κ2) is 11.0. The first-order chi connectivity index (χ1) is 17.5. The molecule has 0 aliphatic heterocycles. The second-order valence-electron chi connectivity index (χ2n) is 9.31. The maximum atomic E-state index is 12.4. The van der Waals surface area contributed by atoms with Crippen molar-refractivity contribution in [2.45, 2.75) is 19.4 Å². The van der Waals surface area contributed by atoms with Crippen molar-refractivity contribution in [2.24, 2.45) is 5.92 Å². The van der Waals surface area contributed by atoms with Gasteiger partial charge in [-0.3, -0.25) is 4.79 Å². The summed E-state index contributed by atoms with van der Waals surface area (Å²) in [6, 6.07) is 24.2. The third-order valence-electron chi connectivity index (χ3n) is 6.45. The summed E-state index contributed by atoms with van der Waals surface area (Å²) in [7, 11) is 0. The van der Waals surface area contributed by atoms with Crippen molar-refractivity contribution in [3.8, 4) is 0 Å². The van der Waals surface area contributed by atoms with Crippen LogP contribution in [0.5, 0.6) is 0 Å². The van der Waals surface area contributed by atoms with Gasteiger partial charge in [-0.25, -0.2) is 0 Å². The Bertz CT molecular complexity index is 1540. The summed E-state index contributed by atoms with van der Waals surface area (Å²) in [6.07, 6.45) is 2.98. The first-order valence-electron chi connectivity index (χ1n) is 12.1. The zero-order chi connectivity index (χ0) is 25.1. The molecule has 5 rings (SSSR count). The highest BCUT2D eigenvalue weighted by atomic mass is 79.9. The average Bonchev–Trinajstić information content (AvgIpc) is 3.29. The molecule has 184 valence electrons. The van der Waals surface area contributed by atoms with Gasteiger partial charge in [0.25, 0.3) is 0 Å². The molecule has 0 amide bonds. The summed E-state index contributed by atoms with van der Waals surface area (Å²) in [5.74, 6) is 1.08. The van der Waals surface area contributed by atoms with Gasteiger partial charge in [0.05, 0.1) is 5.52 Å². The van der Waals surface area contributed by atoms with Crippen LogP contribution < -0.4 is 16.1 Å². The number of aromatic nitrogens is 2. The molecule has 2 atom stereocenters. The third kappa shape index (κ3) is 5.75. The third-order valence-corrected chi connectivity index (χ3v) is 7.37. The van der Waals surface area contributed by atoms with Gasteiger partial charge in [-0.2, -0.15) is 0 Å². The van der Waals surface area contributed by atoms with Crippen LogP contribution in [0.4, 0.5) is 5.82 Å². The number of hydrogen-bond acceptors (Lipinski definition) is 3. The number of anilines is 1. The second-order valence-corrected chi connectivity index (χ2v) is 11.1. The van der Waals surface area contributed by atoms with E-state index < -0.39 is 0 Å². The highest BCUT2D eigenvalue weighted by Crippen LogP contribution is 2.29. The molecule has 2 unspecified atom stereocenters. The maximum absolute atomic E-state index is 12.4. The van der Waals surface area contributed by atoms with Crippen LogP contribution in [-0.4, -0.2) is 23.1 Å². The number of fused-ring (bicyclic) bond motifs is 2. The normalized spacial score (nSPS) is 13.2. The molecule has 2 aromatic heterocycles. The Morgan fingerprint density at radius 1 is 0.861 bits per heavy atom.